The standard InChI is InChI=1S/C19H14F4N4O/c1-11-9-16(27-18(24-11)26-15-4-2-3-13(20)10-15)17(28)25-14-7-5-12(6-8-14)19(21,22)23/h2-10H,1H3,(H,25,28)(H,24,26,27). The first-order valence-electron chi connectivity index (χ1n) is 8.07. The number of hydrogen-bond donors (Lipinski definition) is 2. The monoisotopic (exact) mass is 390 g/mol. The van der Waals surface area contributed by atoms with Gasteiger partial charge in [-0.1, -0.05) is 6.07 Å². The van der Waals surface area contributed by atoms with E-state index in [2.05, 4.69) is 20.6 Å². The molecule has 3 aromatic rings. The van der Waals surface area contributed by atoms with E-state index < -0.39 is 23.5 Å². The molecule has 0 saturated heterocycles. The lowest BCUT2D eigenvalue weighted by Crippen LogP contribution is -2.15. The second kappa shape index (κ2) is 7.63. The molecule has 0 spiro atoms. The third kappa shape index (κ3) is 4.81. The summed E-state index contributed by atoms with van der Waals surface area (Å²) in [5.41, 5.74) is 0.260. The minimum atomic E-state index is -4.45. The maximum absolute atomic E-state index is 13.3. The summed E-state index contributed by atoms with van der Waals surface area (Å²) in [5, 5.41) is 5.28. The van der Waals surface area contributed by atoms with Gasteiger partial charge >= 0.3 is 6.18 Å². The molecule has 0 fully saturated rings. The molecule has 1 amide bonds. The SMILES string of the molecule is Cc1cc(C(=O)Nc2ccc(C(F)(F)F)cc2)nc(Nc2cccc(F)c2)n1. The number of alkyl halides is 3. The molecule has 0 radical (unpaired) electrons. The third-order valence-electron chi connectivity index (χ3n) is 3.64. The second-order valence-electron chi connectivity index (χ2n) is 5.88. The number of nitrogens with one attached hydrogen (secondary N) is 2. The van der Waals surface area contributed by atoms with E-state index in [1.165, 1.54) is 24.3 Å². The van der Waals surface area contributed by atoms with Crippen molar-refractivity contribution in [1.82, 2.24) is 9.97 Å². The highest BCUT2D eigenvalue weighted by atomic mass is 19.4. The van der Waals surface area contributed by atoms with Crippen molar-refractivity contribution in [3.8, 4) is 0 Å². The number of hydrogen-bond acceptors (Lipinski definition) is 4. The lowest BCUT2D eigenvalue weighted by Gasteiger charge is -2.10. The number of rotatable bonds is 4. The quantitative estimate of drug-likeness (QED) is 0.620. The number of nitrogens with zero attached hydrogens (tertiary/aromatic N) is 2. The van der Waals surface area contributed by atoms with E-state index in [9.17, 15) is 22.4 Å². The van der Waals surface area contributed by atoms with Gasteiger partial charge in [-0.25, -0.2) is 14.4 Å². The van der Waals surface area contributed by atoms with E-state index in [0.717, 1.165) is 24.3 Å². The van der Waals surface area contributed by atoms with Crippen LogP contribution in [-0.2, 0) is 6.18 Å². The molecular formula is C19H14F4N4O. The Labute approximate surface area is 157 Å². The first kappa shape index (κ1) is 19.3. The molecule has 0 saturated carbocycles. The van der Waals surface area contributed by atoms with Crippen molar-refractivity contribution >= 4 is 23.2 Å². The fraction of sp³-hybridized carbons (Fsp3) is 0.105. The molecule has 0 atom stereocenters. The zero-order valence-corrected chi connectivity index (χ0v) is 14.5. The van der Waals surface area contributed by atoms with Crippen molar-refractivity contribution in [2.24, 2.45) is 0 Å². The van der Waals surface area contributed by atoms with Gasteiger partial charge < -0.3 is 10.6 Å². The number of carbonyl (C=O) groups excluding carboxylic acids is 1. The summed E-state index contributed by atoms with van der Waals surface area (Å²) in [6.45, 7) is 1.65. The Morgan fingerprint density at radius 2 is 1.68 bits per heavy atom. The average Bonchev–Trinajstić information content (AvgIpc) is 2.61. The van der Waals surface area contributed by atoms with Crippen molar-refractivity contribution < 1.29 is 22.4 Å². The Balaban J connectivity index is 1.77. The first-order valence-corrected chi connectivity index (χ1v) is 8.07. The minimum Gasteiger partial charge on any atom is -0.324 e. The van der Waals surface area contributed by atoms with Gasteiger partial charge in [0.2, 0.25) is 5.95 Å². The number of anilines is 3. The first-order chi connectivity index (χ1) is 13.2. The summed E-state index contributed by atoms with van der Waals surface area (Å²) < 4.78 is 51.1. The van der Waals surface area contributed by atoms with Gasteiger partial charge in [0, 0.05) is 17.1 Å². The summed E-state index contributed by atoms with van der Waals surface area (Å²) in [7, 11) is 0. The van der Waals surface area contributed by atoms with Crippen LogP contribution in [0.5, 0.6) is 0 Å². The van der Waals surface area contributed by atoms with Crippen LogP contribution in [0, 0.1) is 12.7 Å². The van der Waals surface area contributed by atoms with Crippen LogP contribution in [0.2, 0.25) is 0 Å². The van der Waals surface area contributed by atoms with Crippen LogP contribution in [-0.4, -0.2) is 15.9 Å². The van der Waals surface area contributed by atoms with Crippen molar-refractivity contribution in [1.29, 1.82) is 0 Å². The van der Waals surface area contributed by atoms with Crippen LogP contribution < -0.4 is 10.6 Å². The van der Waals surface area contributed by atoms with Gasteiger partial charge in [0.25, 0.3) is 5.91 Å². The van der Waals surface area contributed by atoms with Gasteiger partial charge in [-0.2, -0.15) is 13.2 Å². The van der Waals surface area contributed by atoms with E-state index in [1.807, 2.05) is 0 Å². The summed E-state index contributed by atoms with van der Waals surface area (Å²) in [6.07, 6.45) is -4.45. The molecule has 28 heavy (non-hydrogen) atoms. The third-order valence-corrected chi connectivity index (χ3v) is 3.64. The highest BCUT2D eigenvalue weighted by molar-refractivity contribution is 6.03. The molecule has 3 rings (SSSR count). The molecule has 1 heterocycles. The molecule has 0 unspecified atom stereocenters. The van der Waals surface area contributed by atoms with Gasteiger partial charge in [0.15, 0.2) is 0 Å². The summed E-state index contributed by atoms with van der Waals surface area (Å²) in [5.74, 6) is -0.978. The highest BCUT2D eigenvalue weighted by Gasteiger charge is 2.30. The maximum Gasteiger partial charge on any atom is 0.416 e. The molecular weight excluding hydrogens is 376 g/mol. The van der Waals surface area contributed by atoms with Crippen molar-refractivity contribution in [3.05, 3.63) is 77.4 Å². The second-order valence-corrected chi connectivity index (χ2v) is 5.88. The molecule has 0 aliphatic carbocycles. The minimum absolute atomic E-state index is 0.00583. The lowest BCUT2D eigenvalue weighted by molar-refractivity contribution is -0.137. The topological polar surface area (TPSA) is 66.9 Å². The molecule has 5 nitrogen and oxygen atoms in total. The summed E-state index contributed by atoms with van der Waals surface area (Å²) >= 11 is 0. The normalized spacial score (nSPS) is 11.2. The van der Waals surface area contributed by atoms with Crippen LogP contribution in [0.3, 0.4) is 0 Å². The van der Waals surface area contributed by atoms with E-state index in [-0.39, 0.29) is 17.3 Å². The smallest absolute Gasteiger partial charge is 0.324 e. The van der Waals surface area contributed by atoms with Gasteiger partial charge in [0.1, 0.15) is 11.5 Å². The van der Waals surface area contributed by atoms with Gasteiger partial charge in [-0.3, -0.25) is 4.79 Å². The van der Waals surface area contributed by atoms with E-state index in [4.69, 9.17) is 0 Å². The Hall–Kier alpha value is -3.49. The van der Waals surface area contributed by atoms with E-state index >= 15 is 0 Å². The number of benzene rings is 2. The average molecular weight is 390 g/mol. The molecule has 0 bridgehead atoms. The van der Waals surface area contributed by atoms with Crippen LogP contribution in [0.15, 0.2) is 54.6 Å². The number of halogens is 4. The van der Waals surface area contributed by atoms with Gasteiger partial charge in [-0.15, -0.1) is 0 Å². The Morgan fingerprint density at radius 1 is 0.964 bits per heavy atom. The molecule has 9 heteroatoms. The molecule has 0 aliphatic rings. The van der Waals surface area contributed by atoms with Crippen LogP contribution in [0.4, 0.5) is 34.9 Å². The van der Waals surface area contributed by atoms with Crippen LogP contribution in [0.1, 0.15) is 21.7 Å². The highest BCUT2D eigenvalue weighted by Crippen LogP contribution is 2.29. The lowest BCUT2D eigenvalue weighted by atomic mass is 10.2. The number of amides is 1. The summed E-state index contributed by atoms with van der Waals surface area (Å²) in [6, 6.07) is 11.1. The summed E-state index contributed by atoms with van der Waals surface area (Å²) in [4.78, 5) is 20.6. The van der Waals surface area contributed by atoms with Crippen LogP contribution in [0.25, 0.3) is 0 Å². The van der Waals surface area contributed by atoms with E-state index in [1.54, 1.807) is 13.0 Å². The molecule has 1 aromatic heterocycles. The van der Waals surface area contributed by atoms with E-state index in [0.29, 0.717) is 11.4 Å². The molecule has 144 valence electrons. The zero-order chi connectivity index (χ0) is 20.3. The fourth-order valence-corrected chi connectivity index (χ4v) is 2.37. The molecule has 2 aromatic carbocycles. The number of aryl methyl sites for hydroxylation is 1. The van der Waals surface area contributed by atoms with Crippen molar-refractivity contribution in [3.63, 3.8) is 0 Å². The molecule has 2 N–H and O–H groups in total. The zero-order valence-electron chi connectivity index (χ0n) is 14.5. The van der Waals surface area contributed by atoms with Crippen LogP contribution >= 0.6 is 0 Å². The predicted octanol–water partition coefficient (Wildman–Crippen LogP) is 4.94. The Bertz CT molecular complexity index is 1000. The number of carbonyl (C=O) groups is 1. The maximum atomic E-state index is 13.3. The fourth-order valence-electron chi connectivity index (χ4n) is 2.37. The largest absolute Gasteiger partial charge is 0.416 e. The Morgan fingerprint density at radius 3 is 2.32 bits per heavy atom. The number of aromatic nitrogens is 2. The van der Waals surface area contributed by atoms with Crippen molar-refractivity contribution in [2.75, 3.05) is 10.6 Å². The van der Waals surface area contributed by atoms with Gasteiger partial charge in [-0.05, 0) is 55.5 Å². The molecule has 0 aliphatic heterocycles. The predicted molar refractivity (Wildman–Crippen MR) is 95.8 cm³/mol. The van der Waals surface area contributed by atoms with Gasteiger partial charge in [0.05, 0.1) is 5.56 Å². The Kier molecular flexibility index (Phi) is 5.25. The van der Waals surface area contributed by atoms with Crippen molar-refractivity contribution in [2.45, 2.75) is 13.1 Å².